The van der Waals surface area contributed by atoms with E-state index < -0.39 is 12.1 Å². The molecule has 11 heteroatoms. The standard InChI is InChI=1S/C40H51N3O8/c44-28-29-10-12-32(13-11-29)36-25-35(27-43-20-18-40(19-21-43)48-22-23-49-40)50-39(51-36)33-16-14-31(15-17-33)34-7-5-6-30(24-34)26-41-37(45)8-3-1-2-4-9-38(46)42-47/h5-7,10-17,24,35-36,39,44,47H,1-4,8-9,18-23,25-28H2,(H,41,45)(H,42,46)/t35-,36+,39+/m1/s1. The first-order valence-corrected chi connectivity index (χ1v) is 18.3. The summed E-state index contributed by atoms with van der Waals surface area (Å²) in [5, 5.41) is 21.1. The number of likely N-dealkylation sites (tertiary alicyclic amines) is 1. The lowest BCUT2D eigenvalue weighted by Crippen LogP contribution is -2.48. The fourth-order valence-corrected chi connectivity index (χ4v) is 7.15. The maximum atomic E-state index is 12.4. The van der Waals surface area contributed by atoms with Gasteiger partial charge in [-0.15, -0.1) is 0 Å². The number of benzene rings is 3. The molecule has 0 unspecified atom stereocenters. The zero-order valence-corrected chi connectivity index (χ0v) is 29.3. The van der Waals surface area contributed by atoms with Crippen molar-refractivity contribution < 1.29 is 38.9 Å². The first-order valence-electron chi connectivity index (χ1n) is 18.3. The summed E-state index contributed by atoms with van der Waals surface area (Å²) in [4.78, 5) is 26.0. The van der Waals surface area contributed by atoms with Crippen LogP contribution in [0.4, 0.5) is 0 Å². The molecule has 3 heterocycles. The average Bonchev–Trinajstić information content (AvgIpc) is 3.64. The molecule has 3 aromatic carbocycles. The number of nitrogens with one attached hydrogen (secondary N) is 2. The van der Waals surface area contributed by atoms with E-state index in [1.54, 1.807) is 5.48 Å². The molecule has 3 aliphatic rings. The highest BCUT2D eigenvalue weighted by molar-refractivity contribution is 5.76. The molecule has 1 spiro atoms. The van der Waals surface area contributed by atoms with Crippen LogP contribution >= 0.6 is 0 Å². The van der Waals surface area contributed by atoms with Gasteiger partial charge in [0.15, 0.2) is 12.1 Å². The van der Waals surface area contributed by atoms with E-state index in [4.69, 9.17) is 24.2 Å². The molecule has 274 valence electrons. The predicted octanol–water partition coefficient (Wildman–Crippen LogP) is 5.69. The molecule has 0 radical (unpaired) electrons. The summed E-state index contributed by atoms with van der Waals surface area (Å²) in [6, 6.07) is 24.5. The predicted molar refractivity (Wildman–Crippen MR) is 190 cm³/mol. The number of amides is 2. The van der Waals surface area contributed by atoms with E-state index in [0.29, 0.717) is 39.0 Å². The van der Waals surface area contributed by atoms with Gasteiger partial charge in [0.05, 0.1) is 32.0 Å². The molecule has 3 aromatic rings. The number of piperidine rings is 1. The Hall–Kier alpha value is -3.68. The van der Waals surface area contributed by atoms with Gasteiger partial charge in [0, 0.05) is 63.8 Å². The number of unbranched alkanes of at least 4 members (excludes halogenated alkanes) is 3. The van der Waals surface area contributed by atoms with Crippen LogP contribution in [0, 0.1) is 0 Å². The number of carbonyl (C=O) groups excluding carboxylic acids is 2. The molecule has 0 bridgehead atoms. The van der Waals surface area contributed by atoms with Gasteiger partial charge < -0.3 is 34.3 Å². The summed E-state index contributed by atoms with van der Waals surface area (Å²) in [5.74, 6) is -0.782. The summed E-state index contributed by atoms with van der Waals surface area (Å²) in [5.41, 5.74) is 7.67. The Morgan fingerprint density at radius 2 is 1.47 bits per heavy atom. The lowest BCUT2D eigenvalue weighted by Gasteiger charge is -2.41. The van der Waals surface area contributed by atoms with Gasteiger partial charge in [0.2, 0.25) is 11.8 Å². The van der Waals surface area contributed by atoms with Crippen molar-refractivity contribution >= 4 is 11.8 Å². The second kappa shape index (κ2) is 18.2. The quantitative estimate of drug-likeness (QED) is 0.0894. The van der Waals surface area contributed by atoms with Gasteiger partial charge in [0.25, 0.3) is 0 Å². The largest absolute Gasteiger partial charge is 0.392 e. The van der Waals surface area contributed by atoms with Crippen LogP contribution in [0.1, 0.15) is 92.4 Å². The minimum absolute atomic E-state index is 0.00571. The van der Waals surface area contributed by atoms with Crippen molar-refractivity contribution in [2.45, 2.75) is 95.2 Å². The van der Waals surface area contributed by atoms with Crippen molar-refractivity contribution in [3.05, 3.63) is 95.1 Å². The minimum atomic E-state index is -0.528. The van der Waals surface area contributed by atoms with Crippen molar-refractivity contribution in [1.29, 1.82) is 0 Å². The van der Waals surface area contributed by atoms with Gasteiger partial charge in [-0.25, -0.2) is 5.48 Å². The van der Waals surface area contributed by atoms with Crippen molar-refractivity contribution in [3.8, 4) is 11.1 Å². The van der Waals surface area contributed by atoms with E-state index in [1.165, 1.54) is 0 Å². The monoisotopic (exact) mass is 701 g/mol. The Bertz CT molecular complexity index is 1550. The number of rotatable bonds is 15. The molecule has 0 saturated carbocycles. The molecule has 3 aliphatic heterocycles. The third-order valence-corrected chi connectivity index (χ3v) is 10.1. The van der Waals surface area contributed by atoms with Gasteiger partial charge in [-0.3, -0.25) is 14.8 Å². The molecule has 3 fully saturated rings. The van der Waals surface area contributed by atoms with E-state index in [9.17, 15) is 14.7 Å². The van der Waals surface area contributed by atoms with Gasteiger partial charge in [-0.05, 0) is 46.7 Å². The Kier molecular flexibility index (Phi) is 13.2. The van der Waals surface area contributed by atoms with Crippen LogP contribution in [0.3, 0.4) is 0 Å². The van der Waals surface area contributed by atoms with E-state index in [0.717, 1.165) is 91.5 Å². The zero-order valence-electron chi connectivity index (χ0n) is 29.3. The lowest BCUT2D eigenvalue weighted by molar-refractivity contribution is -0.255. The van der Waals surface area contributed by atoms with E-state index in [2.05, 4.69) is 46.6 Å². The van der Waals surface area contributed by atoms with Crippen molar-refractivity contribution in [3.63, 3.8) is 0 Å². The highest BCUT2D eigenvalue weighted by Gasteiger charge is 2.41. The second-order valence-corrected chi connectivity index (χ2v) is 13.8. The minimum Gasteiger partial charge on any atom is -0.392 e. The Balaban J connectivity index is 1.05. The SMILES string of the molecule is O=C(CCCCCCC(=O)NCc1cccc(-c2ccc([C@H]3O[C@@H](CN4CCC5(CC4)OCCO5)C[C@@H](c4ccc(CO)cc4)O3)cc2)c1)NO. The summed E-state index contributed by atoms with van der Waals surface area (Å²) < 4.78 is 25.1. The average molecular weight is 702 g/mol. The number of carbonyl (C=O) groups is 2. The van der Waals surface area contributed by atoms with Crippen molar-refractivity contribution in [2.24, 2.45) is 0 Å². The molecular formula is C40H51N3O8. The Morgan fingerprint density at radius 3 is 2.16 bits per heavy atom. The lowest BCUT2D eigenvalue weighted by atomic mass is 9.98. The van der Waals surface area contributed by atoms with Crippen LogP contribution in [0.15, 0.2) is 72.8 Å². The van der Waals surface area contributed by atoms with Gasteiger partial charge in [-0.1, -0.05) is 79.6 Å². The maximum Gasteiger partial charge on any atom is 0.243 e. The zero-order chi connectivity index (χ0) is 35.5. The first kappa shape index (κ1) is 37.1. The van der Waals surface area contributed by atoms with E-state index >= 15 is 0 Å². The summed E-state index contributed by atoms with van der Waals surface area (Å²) in [6.07, 6.45) is 5.62. The molecule has 6 rings (SSSR count). The number of hydrogen-bond acceptors (Lipinski definition) is 9. The molecule has 3 saturated heterocycles. The highest BCUT2D eigenvalue weighted by Crippen LogP contribution is 2.39. The van der Waals surface area contributed by atoms with Gasteiger partial charge >= 0.3 is 0 Å². The molecule has 4 N–H and O–H groups in total. The summed E-state index contributed by atoms with van der Waals surface area (Å²) >= 11 is 0. The summed E-state index contributed by atoms with van der Waals surface area (Å²) in [6.45, 7) is 4.39. The second-order valence-electron chi connectivity index (χ2n) is 13.8. The molecule has 0 aliphatic carbocycles. The smallest absolute Gasteiger partial charge is 0.243 e. The van der Waals surface area contributed by atoms with Crippen LogP contribution in [0.2, 0.25) is 0 Å². The van der Waals surface area contributed by atoms with Crippen LogP contribution in [0.25, 0.3) is 11.1 Å². The molecule has 0 aromatic heterocycles. The molecule has 3 atom stereocenters. The number of aliphatic hydroxyl groups excluding tert-OH is 1. The number of ether oxygens (including phenoxy) is 4. The number of nitrogens with zero attached hydrogens (tertiary/aromatic N) is 1. The third kappa shape index (κ3) is 10.4. The Labute approximate surface area is 300 Å². The normalized spacial score (nSPS) is 21.8. The molecular weight excluding hydrogens is 650 g/mol. The highest BCUT2D eigenvalue weighted by atomic mass is 16.7. The molecule has 51 heavy (non-hydrogen) atoms. The Morgan fingerprint density at radius 1 is 0.784 bits per heavy atom. The van der Waals surface area contributed by atoms with Crippen molar-refractivity contribution in [2.75, 3.05) is 32.8 Å². The van der Waals surface area contributed by atoms with Crippen LogP contribution in [0.5, 0.6) is 0 Å². The fraction of sp³-hybridized carbons (Fsp3) is 0.500. The first-order chi connectivity index (χ1) is 24.9. The van der Waals surface area contributed by atoms with Crippen molar-refractivity contribution in [1.82, 2.24) is 15.7 Å². The maximum absolute atomic E-state index is 12.4. The number of aliphatic hydroxyl groups is 1. The van der Waals surface area contributed by atoms with E-state index in [1.807, 2.05) is 36.4 Å². The van der Waals surface area contributed by atoms with E-state index in [-0.39, 0.29) is 30.6 Å². The van der Waals surface area contributed by atoms with Gasteiger partial charge in [0.1, 0.15) is 0 Å². The molecule has 2 amide bonds. The third-order valence-electron chi connectivity index (χ3n) is 10.1. The molecule has 11 nitrogen and oxygen atoms in total. The number of hydrogen-bond donors (Lipinski definition) is 4. The van der Waals surface area contributed by atoms with Gasteiger partial charge in [-0.2, -0.15) is 0 Å². The van der Waals surface area contributed by atoms with Crippen LogP contribution in [-0.2, 0) is 41.7 Å². The topological polar surface area (TPSA) is 139 Å². The number of hydroxylamine groups is 1. The van der Waals surface area contributed by atoms with Crippen LogP contribution < -0.4 is 10.8 Å². The fourth-order valence-electron chi connectivity index (χ4n) is 7.15. The van der Waals surface area contributed by atoms with Crippen LogP contribution in [-0.4, -0.2) is 71.8 Å². The summed E-state index contributed by atoms with van der Waals surface area (Å²) in [7, 11) is 0.